The van der Waals surface area contributed by atoms with Crippen LogP contribution >= 0.6 is 22.7 Å². The first kappa shape index (κ1) is 14.0. The third kappa shape index (κ3) is 2.91. The van der Waals surface area contributed by atoms with Crippen molar-refractivity contribution in [2.75, 3.05) is 13.1 Å². The van der Waals surface area contributed by atoms with Crippen LogP contribution in [-0.4, -0.2) is 35.0 Å². The van der Waals surface area contributed by atoms with Gasteiger partial charge in [-0.05, 0) is 35.6 Å². The van der Waals surface area contributed by atoms with Crippen molar-refractivity contribution >= 4 is 40.1 Å². The molecule has 0 bridgehead atoms. The lowest BCUT2D eigenvalue weighted by Gasteiger charge is -2.25. The van der Waals surface area contributed by atoms with Gasteiger partial charge in [-0.3, -0.25) is 4.79 Å². The molecule has 3 rings (SSSR count). The molecule has 6 heteroatoms. The Balaban J connectivity index is 1.71. The maximum absolute atomic E-state index is 12.3. The predicted octanol–water partition coefficient (Wildman–Crippen LogP) is 3.44. The molecule has 2 aromatic heterocycles. The minimum Gasteiger partial charge on any atom is -0.477 e. The molecule has 1 amide bonds. The highest BCUT2D eigenvalue weighted by molar-refractivity contribution is 7.15. The van der Waals surface area contributed by atoms with Gasteiger partial charge in [-0.25, -0.2) is 4.79 Å². The molecule has 4 nitrogen and oxygen atoms in total. The summed E-state index contributed by atoms with van der Waals surface area (Å²) in [6.45, 7) is 1.25. The van der Waals surface area contributed by atoms with Crippen molar-refractivity contribution in [1.29, 1.82) is 0 Å². The minimum atomic E-state index is -0.988. The molecule has 1 aliphatic heterocycles. The Morgan fingerprint density at radius 1 is 1.19 bits per heavy atom. The van der Waals surface area contributed by atoms with Crippen LogP contribution in [0.15, 0.2) is 35.7 Å². The first-order valence-electron chi connectivity index (χ1n) is 6.50. The smallest absolute Gasteiger partial charge is 0.345 e. The van der Waals surface area contributed by atoms with Gasteiger partial charge in [-0.1, -0.05) is 12.1 Å². The zero-order valence-corrected chi connectivity index (χ0v) is 12.7. The first-order chi connectivity index (χ1) is 10.1. The van der Waals surface area contributed by atoms with Gasteiger partial charge in [0.15, 0.2) is 0 Å². The van der Waals surface area contributed by atoms with Crippen molar-refractivity contribution in [3.8, 4) is 0 Å². The molecule has 2 aromatic rings. The molecule has 0 spiro atoms. The molecule has 21 heavy (non-hydrogen) atoms. The fourth-order valence-electron chi connectivity index (χ4n) is 2.26. The van der Waals surface area contributed by atoms with Gasteiger partial charge >= 0.3 is 5.97 Å². The second-order valence-corrected chi connectivity index (χ2v) is 6.71. The molecule has 108 valence electrons. The molecule has 1 N–H and O–H groups in total. The van der Waals surface area contributed by atoms with E-state index in [2.05, 4.69) is 12.1 Å². The maximum Gasteiger partial charge on any atom is 0.345 e. The highest BCUT2D eigenvalue weighted by Gasteiger charge is 2.21. The normalized spacial score (nSPS) is 14.9. The molecule has 0 aromatic carbocycles. The average molecular weight is 319 g/mol. The number of carboxylic acid groups (broad SMARTS) is 1. The number of aromatic carboxylic acids is 1. The standard InChI is InChI=1S/C15H13NO3S2/c17-14(12-3-4-13(21-12)15(18)19)16-7-5-10(6-8-16)11-2-1-9-20-11/h1-5,9H,6-8H2,(H,18,19). The number of carboxylic acids is 1. The van der Waals surface area contributed by atoms with Crippen molar-refractivity contribution in [1.82, 2.24) is 4.90 Å². The number of amides is 1. The van der Waals surface area contributed by atoms with E-state index < -0.39 is 5.97 Å². The van der Waals surface area contributed by atoms with Crippen molar-refractivity contribution < 1.29 is 14.7 Å². The van der Waals surface area contributed by atoms with Crippen LogP contribution in [0.4, 0.5) is 0 Å². The number of hydrogen-bond donors (Lipinski definition) is 1. The fraction of sp³-hybridized carbons (Fsp3) is 0.200. The molecule has 0 atom stereocenters. The second kappa shape index (κ2) is 5.83. The molecule has 0 unspecified atom stereocenters. The Kier molecular flexibility index (Phi) is 3.90. The van der Waals surface area contributed by atoms with Crippen LogP contribution in [0.25, 0.3) is 5.57 Å². The third-order valence-electron chi connectivity index (χ3n) is 3.36. The van der Waals surface area contributed by atoms with Crippen LogP contribution in [0.3, 0.4) is 0 Å². The summed E-state index contributed by atoms with van der Waals surface area (Å²) >= 11 is 2.74. The summed E-state index contributed by atoms with van der Waals surface area (Å²) in [4.78, 5) is 26.9. The van der Waals surface area contributed by atoms with E-state index in [1.54, 1.807) is 22.3 Å². The summed E-state index contributed by atoms with van der Waals surface area (Å²) in [6, 6.07) is 7.19. The van der Waals surface area contributed by atoms with E-state index in [1.807, 2.05) is 11.4 Å². The first-order valence-corrected chi connectivity index (χ1v) is 8.20. The van der Waals surface area contributed by atoms with E-state index in [1.165, 1.54) is 16.5 Å². The minimum absolute atomic E-state index is 0.0889. The molecular weight excluding hydrogens is 306 g/mol. The summed E-state index contributed by atoms with van der Waals surface area (Å²) in [7, 11) is 0. The summed E-state index contributed by atoms with van der Waals surface area (Å²) in [5, 5.41) is 11.0. The van der Waals surface area contributed by atoms with E-state index in [0.29, 0.717) is 18.0 Å². The van der Waals surface area contributed by atoms with E-state index in [-0.39, 0.29) is 10.8 Å². The lowest BCUT2D eigenvalue weighted by atomic mass is 10.1. The molecule has 0 saturated carbocycles. The highest BCUT2D eigenvalue weighted by atomic mass is 32.1. The summed E-state index contributed by atoms with van der Waals surface area (Å²) < 4.78 is 0. The van der Waals surface area contributed by atoms with Crippen molar-refractivity contribution in [2.24, 2.45) is 0 Å². The van der Waals surface area contributed by atoms with Crippen LogP contribution in [0.1, 0.15) is 30.6 Å². The number of hydrogen-bond acceptors (Lipinski definition) is 4. The lowest BCUT2D eigenvalue weighted by Crippen LogP contribution is -2.34. The lowest BCUT2D eigenvalue weighted by molar-refractivity contribution is 0.0701. The Bertz CT molecular complexity index is 700. The molecule has 1 aliphatic rings. The second-order valence-electron chi connectivity index (χ2n) is 4.68. The predicted molar refractivity (Wildman–Crippen MR) is 84.1 cm³/mol. The number of carbonyl (C=O) groups is 2. The molecule has 0 fully saturated rings. The van der Waals surface area contributed by atoms with Crippen LogP contribution in [-0.2, 0) is 0 Å². The van der Waals surface area contributed by atoms with E-state index in [9.17, 15) is 9.59 Å². The van der Waals surface area contributed by atoms with Gasteiger partial charge in [0.25, 0.3) is 5.91 Å². The molecular formula is C15H13NO3S2. The largest absolute Gasteiger partial charge is 0.477 e. The van der Waals surface area contributed by atoms with E-state index in [4.69, 9.17) is 5.11 Å². The van der Waals surface area contributed by atoms with Crippen LogP contribution < -0.4 is 0 Å². The van der Waals surface area contributed by atoms with Gasteiger partial charge in [0.2, 0.25) is 0 Å². The summed E-state index contributed by atoms with van der Waals surface area (Å²) in [6.07, 6.45) is 2.92. The molecule has 3 heterocycles. The van der Waals surface area contributed by atoms with Crippen molar-refractivity contribution in [2.45, 2.75) is 6.42 Å². The zero-order chi connectivity index (χ0) is 14.8. The zero-order valence-electron chi connectivity index (χ0n) is 11.1. The number of rotatable bonds is 3. The topological polar surface area (TPSA) is 57.6 Å². The van der Waals surface area contributed by atoms with Gasteiger partial charge in [-0.15, -0.1) is 22.7 Å². The van der Waals surface area contributed by atoms with Crippen molar-refractivity contribution in [3.05, 3.63) is 50.4 Å². The Labute approximate surface area is 130 Å². The van der Waals surface area contributed by atoms with Crippen LogP contribution in [0.5, 0.6) is 0 Å². The van der Waals surface area contributed by atoms with E-state index >= 15 is 0 Å². The van der Waals surface area contributed by atoms with Gasteiger partial charge in [0.1, 0.15) is 4.88 Å². The highest BCUT2D eigenvalue weighted by Crippen LogP contribution is 2.27. The Hall–Kier alpha value is -1.92. The molecule has 0 radical (unpaired) electrons. The van der Waals surface area contributed by atoms with Crippen LogP contribution in [0.2, 0.25) is 0 Å². The average Bonchev–Trinajstić information content (AvgIpc) is 3.18. The van der Waals surface area contributed by atoms with Gasteiger partial charge in [0.05, 0.1) is 4.88 Å². The molecule has 0 saturated heterocycles. The number of nitrogens with zero attached hydrogens (tertiary/aromatic N) is 1. The number of carbonyl (C=O) groups excluding carboxylic acids is 1. The molecule has 0 aliphatic carbocycles. The SMILES string of the molecule is O=C(O)c1ccc(C(=O)N2CC=C(c3cccs3)CC2)s1. The summed E-state index contributed by atoms with van der Waals surface area (Å²) in [5.74, 6) is -1.08. The fourth-order valence-corrected chi connectivity index (χ4v) is 3.87. The quantitative estimate of drug-likeness (QED) is 0.943. The Morgan fingerprint density at radius 3 is 2.57 bits per heavy atom. The maximum atomic E-state index is 12.3. The van der Waals surface area contributed by atoms with E-state index in [0.717, 1.165) is 17.8 Å². The van der Waals surface area contributed by atoms with Gasteiger partial charge in [-0.2, -0.15) is 0 Å². The monoisotopic (exact) mass is 319 g/mol. The third-order valence-corrected chi connectivity index (χ3v) is 5.37. The van der Waals surface area contributed by atoms with Crippen molar-refractivity contribution in [3.63, 3.8) is 0 Å². The summed E-state index contributed by atoms with van der Waals surface area (Å²) in [5.41, 5.74) is 1.28. The van der Waals surface area contributed by atoms with Gasteiger partial charge < -0.3 is 10.0 Å². The van der Waals surface area contributed by atoms with Crippen LogP contribution in [0, 0.1) is 0 Å². The van der Waals surface area contributed by atoms with Gasteiger partial charge in [0, 0.05) is 18.0 Å². The Morgan fingerprint density at radius 2 is 2.00 bits per heavy atom. The number of thiophene rings is 2.